The first-order valence-electron chi connectivity index (χ1n) is 7.17. The van der Waals surface area contributed by atoms with Crippen LogP contribution in [-0.4, -0.2) is 10.8 Å². The van der Waals surface area contributed by atoms with Gasteiger partial charge in [-0.25, -0.2) is 0 Å². The molecule has 104 valence electrons. The van der Waals surface area contributed by atoms with Crippen LogP contribution in [0.25, 0.3) is 10.9 Å². The van der Waals surface area contributed by atoms with E-state index in [0.29, 0.717) is 0 Å². The standard InChI is InChI=1S/C18H16N2O/c1-11(21)17-13-7-3-5-9-16(13)20-18(17)14-10-19-15-8-4-2-6-12(14)15/h2-10,17-20H,1H3/t17-,18+/m1/s1. The Labute approximate surface area is 123 Å². The molecule has 1 aliphatic heterocycles. The number of H-pyrrole nitrogens is 1. The minimum atomic E-state index is -0.125. The molecule has 0 radical (unpaired) electrons. The minimum Gasteiger partial charge on any atom is -0.377 e. The second kappa shape index (κ2) is 4.48. The predicted molar refractivity (Wildman–Crippen MR) is 84.5 cm³/mol. The number of carbonyl (C=O) groups is 1. The third-order valence-corrected chi connectivity index (χ3v) is 4.33. The molecule has 0 spiro atoms. The van der Waals surface area contributed by atoms with E-state index in [9.17, 15) is 4.79 Å². The Bertz CT molecular complexity index is 834. The summed E-state index contributed by atoms with van der Waals surface area (Å²) in [6, 6.07) is 16.3. The second-order valence-electron chi connectivity index (χ2n) is 5.59. The van der Waals surface area contributed by atoms with Crippen molar-refractivity contribution in [2.45, 2.75) is 18.9 Å². The van der Waals surface area contributed by atoms with Crippen LogP contribution in [0, 0.1) is 0 Å². The molecule has 3 nitrogen and oxygen atoms in total. The van der Waals surface area contributed by atoms with E-state index in [4.69, 9.17) is 0 Å². The van der Waals surface area contributed by atoms with Crippen LogP contribution >= 0.6 is 0 Å². The highest BCUT2D eigenvalue weighted by Gasteiger charge is 2.37. The fourth-order valence-electron chi connectivity index (χ4n) is 3.39. The highest BCUT2D eigenvalue weighted by Crippen LogP contribution is 2.45. The molecule has 0 aliphatic carbocycles. The van der Waals surface area contributed by atoms with E-state index in [1.54, 1.807) is 6.92 Å². The quantitative estimate of drug-likeness (QED) is 0.743. The van der Waals surface area contributed by atoms with Gasteiger partial charge in [0, 0.05) is 28.4 Å². The number of para-hydroxylation sites is 2. The Morgan fingerprint density at radius 2 is 1.76 bits per heavy atom. The summed E-state index contributed by atoms with van der Waals surface area (Å²) in [5, 5.41) is 4.69. The summed E-state index contributed by atoms with van der Waals surface area (Å²) >= 11 is 0. The van der Waals surface area contributed by atoms with Gasteiger partial charge in [-0.15, -0.1) is 0 Å². The van der Waals surface area contributed by atoms with Crippen molar-refractivity contribution in [1.82, 2.24) is 4.98 Å². The SMILES string of the molecule is CC(=O)[C@@H]1c2ccccc2N[C@H]1c1c[nH]c2ccccc12. The topological polar surface area (TPSA) is 44.9 Å². The van der Waals surface area contributed by atoms with Crippen LogP contribution in [0.3, 0.4) is 0 Å². The smallest absolute Gasteiger partial charge is 0.139 e. The first-order valence-corrected chi connectivity index (χ1v) is 7.17. The highest BCUT2D eigenvalue weighted by atomic mass is 16.1. The van der Waals surface area contributed by atoms with E-state index < -0.39 is 0 Å². The molecule has 0 amide bonds. The number of hydrogen-bond donors (Lipinski definition) is 2. The van der Waals surface area contributed by atoms with E-state index in [2.05, 4.69) is 22.4 Å². The Morgan fingerprint density at radius 3 is 2.62 bits per heavy atom. The molecule has 1 aliphatic rings. The third-order valence-electron chi connectivity index (χ3n) is 4.33. The molecule has 0 saturated heterocycles. The number of benzene rings is 2. The fourth-order valence-corrected chi connectivity index (χ4v) is 3.39. The summed E-state index contributed by atoms with van der Waals surface area (Å²) in [7, 11) is 0. The zero-order valence-electron chi connectivity index (χ0n) is 11.8. The van der Waals surface area contributed by atoms with Crippen molar-refractivity contribution in [3.05, 3.63) is 65.9 Å². The van der Waals surface area contributed by atoms with Crippen molar-refractivity contribution in [1.29, 1.82) is 0 Å². The number of rotatable bonds is 2. The molecule has 21 heavy (non-hydrogen) atoms. The van der Waals surface area contributed by atoms with Crippen molar-refractivity contribution >= 4 is 22.4 Å². The molecule has 3 heteroatoms. The summed E-state index contributed by atoms with van der Waals surface area (Å²) in [6.07, 6.45) is 2.02. The maximum Gasteiger partial charge on any atom is 0.139 e. The molecule has 0 saturated carbocycles. The molecule has 2 heterocycles. The van der Waals surface area contributed by atoms with Crippen LogP contribution in [0.1, 0.15) is 30.0 Å². The van der Waals surface area contributed by atoms with Gasteiger partial charge in [0.15, 0.2) is 0 Å². The molecule has 3 aromatic rings. The van der Waals surface area contributed by atoms with Crippen LogP contribution in [0.2, 0.25) is 0 Å². The maximum atomic E-state index is 12.2. The number of hydrogen-bond acceptors (Lipinski definition) is 2. The van der Waals surface area contributed by atoms with Gasteiger partial charge in [-0.2, -0.15) is 0 Å². The summed E-state index contributed by atoms with van der Waals surface area (Å²) < 4.78 is 0. The van der Waals surface area contributed by atoms with Gasteiger partial charge in [0.05, 0.1) is 12.0 Å². The van der Waals surface area contributed by atoms with Gasteiger partial charge >= 0.3 is 0 Å². The fraction of sp³-hybridized carbons (Fsp3) is 0.167. The lowest BCUT2D eigenvalue weighted by atomic mass is 9.87. The summed E-state index contributed by atoms with van der Waals surface area (Å²) in [5.74, 6) is 0.0723. The summed E-state index contributed by atoms with van der Waals surface area (Å²) in [5.41, 5.74) is 4.42. The van der Waals surface area contributed by atoms with Crippen molar-refractivity contribution in [2.75, 3.05) is 5.32 Å². The van der Waals surface area contributed by atoms with Gasteiger partial charge < -0.3 is 10.3 Å². The van der Waals surface area contributed by atoms with Gasteiger partial charge in [-0.3, -0.25) is 4.79 Å². The molecular formula is C18H16N2O. The normalized spacial score (nSPS) is 20.2. The lowest BCUT2D eigenvalue weighted by Gasteiger charge is -2.17. The number of fused-ring (bicyclic) bond motifs is 2. The number of aromatic nitrogens is 1. The van der Waals surface area contributed by atoms with E-state index >= 15 is 0 Å². The van der Waals surface area contributed by atoms with Crippen LogP contribution in [-0.2, 0) is 4.79 Å². The number of Topliss-reactive ketones (excluding diaryl/α,β-unsaturated/α-hetero) is 1. The average Bonchev–Trinajstić information content (AvgIpc) is 3.08. The zero-order chi connectivity index (χ0) is 14.4. The lowest BCUT2D eigenvalue weighted by molar-refractivity contribution is -0.118. The molecular weight excluding hydrogens is 260 g/mol. The van der Waals surface area contributed by atoms with Crippen LogP contribution in [0.5, 0.6) is 0 Å². The summed E-state index contributed by atoms with van der Waals surface area (Å²) in [6.45, 7) is 1.68. The minimum absolute atomic E-state index is 0.00366. The molecule has 4 rings (SSSR count). The largest absolute Gasteiger partial charge is 0.377 e. The van der Waals surface area contributed by atoms with E-state index in [0.717, 1.165) is 22.3 Å². The maximum absolute atomic E-state index is 12.2. The zero-order valence-corrected chi connectivity index (χ0v) is 11.8. The summed E-state index contributed by atoms with van der Waals surface area (Å²) in [4.78, 5) is 15.5. The van der Waals surface area contributed by atoms with E-state index in [-0.39, 0.29) is 17.7 Å². The van der Waals surface area contributed by atoms with Crippen molar-refractivity contribution in [2.24, 2.45) is 0 Å². The average molecular weight is 276 g/mol. The molecule has 2 atom stereocenters. The Kier molecular flexibility index (Phi) is 2.61. The van der Waals surface area contributed by atoms with Gasteiger partial charge in [0.25, 0.3) is 0 Å². The number of aromatic amines is 1. The molecule has 2 N–H and O–H groups in total. The lowest BCUT2D eigenvalue weighted by Crippen LogP contribution is -2.17. The van der Waals surface area contributed by atoms with Crippen molar-refractivity contribution in [3.63, 3.8) is 0 Å². The van der Waals surface area contributed by atoms with Crippen LogP contribution < -0.4 is 5.32 Å². The van der Waals surface area contributed by atoms with Gasteiger partial charge in [0.2, 0.25) is 0 Å². The van der Waals surface area contributed by atoms with E-state index in [1.807, 2.05) is 42.6 Å². The van der Waals surface area contributed by atoms with Gasteiger partial charge in [-0.1, -0.05) is 36.4 Å². The van der Waals surface area contributed by atoms with Crippen molar-refractivity contribution in [3.8, 4) is 0 Å². The predicted octanol–water partition coefficient (Wildman–Crippen LogP) is 4.01. The monoisotopic (exact) mass is 276 g/mol. The number of anilines is 1. The number of carbonyl (C=O) groups excluding carboxylic acids is 1. The van der Waals surface area contributed by atoms with Crippen LogP contribution in [0.4, 0.5) is 5.69 Å². The highest BCUT2D eigenvalue weighted by molar-refractivity contribution is 5.92. The Hall–Kier alpha value is -2.55. The van der Waals surface area contributed by atoms with E-state index in [1.165, 1.54) is 5.39 Å². The Morgan fingerprint density at radius 1 is 1.00 bits per heavy atom. The number of nitrogens with one attached hydrogen (secondary N) is 2. The first kappa shape index (κ1) is 12.2. The molecule has 0 fully saturated rings. The molecule has 0 bridgehead atoms. The second-order valence-corrected chi connectivity index (χ2v) is 5.59. The molecule has 2 aromatic carbocycles. The first-order chi connectivity index (χ1) is 10.3. The third kappa shape index (κ3) is 1.77. The molecule has 1 aromatic heterocycles. The Balaban J connectivity index is 1.87. The van der Waals surface area contributed by atoms with Crippen molar-refractivity contribution < 1.29 is 4.79 Å². The van der Waals surface area contributed by atoms with Crippen LogP contribution in [0.15, 0.2) is 54.7 Å². The number of ketones is 1. The molecule has 0 unspecified atom stereocenters. The van der Waals surface area contributed by atoms with Gasteiger partial charge in [-0.05, 0) is 24.6 Å². The van der Waals surface area contributed by atoms with Gasteiger partial charge in [0.1, 0.15) is 5.78 Å².